The van der Waals surface area contributed by atoms with E-state index in [0.717, 1.165) is 11.1 Å². The molecule has 0 bridgehead atoms. The van der Waals surface area contributed by atoms with Crippen molar-refractivity contribution in [1.82, 2.24) is 4.90 Å². The Hall–Kier alpha value is -1.84. The maximum absolute atomic E-state index is 12.8. The topological polar surface area (TPSA) is 63.4 Å². The average Bonchev–Trinajstić information content (AvgIpc) is 2.43. The van der Waals surface area contributed by atoms with Gasteiger partial charge in [0, 0.05) is 30.0 Å². The van der Waals surface area contributed by atoms with Gasteiger partial charge in [-0.25, -0.2) is 0 Å². The van der Waals surface area contributed by atoms with Crippen molar-refractivity contribution in [3.63, 3.8) is 0 Å². The van der Waals surface area contributed by atoms with Crippen LogP contribution < -0.4 is 5.73 Å². The summed E-state index contributed by atoms with van der Waals surface area (Å²) in [6.07, 6.45) is 0.578. The number of hydrogen-bond donors (Lipinski definition) is 1. The monoisotopic (exact) mass is 302 g/mol. The average molecular weight is 302 g/mol. The number of ketones is 1. The van der Waals surface area contributed by atoms with Crippen molar-refractivity contribution < 1.29 is 9.59 Å². The molecule has 0 fully saturated rings. The molecule has 120 valence electrons. The Morgan fingerprint density at radius 2 is 1.86 bits per heavy atom. The van der Waals surface area contributed by atoms with Crippen LogP contribution in [0.15, 0.2) is 18.2 Å². The van der Waals surface area contributed by atoms with Crippen LogP contribution >= 0.6 is 0 Å². The second-order valence-corrected chi connectivity index (χ2v) is 7.49. The summed E-state index contributed by atoms with van der Waals surface area (Å²) in [6.45, 7) is 9.91. The summed E-state index contributed by atoms with van der Waals surface area (Å²) in [7, 11) is 0. The first kappa shape index (κ1) is 16.5. The van der Waals surface area contributed by atoms with E-state index in [2.05, 4.69) is 0 Å². The number of nitrogen functional groups attached to an aromatic ring is 1. The van der Waals surface area contributed by atoms with Crippen LogP contribution in [-0.4, -0.2) is 22.6 Å². The van der Waals surface area contributed by atoms with Crippen molar-refractivity contribution in [2.24, 2.45) is 11.3 Å². The van der Waals surface area contributed by atoms with Crippen LogP contribution in [0.4, 0.5) is 5.69 Å². The van der Waals surface area contributed by atoms with Crippen molar-refractivity contribution in [2.45, 2.75) is 53.6 Å². The van der Waals surface area contributed by atoms with Crippen molar-refractivity contribution >= 4 is 17.4 Å². The number of rotatable bonds is 2. The zero-order valence-electron chi connectivity index (χ0n) is 14.1. The molecule has 2 N–H and O–H groups in total. The standard InChI is InChI=1S/C18H26N2O2/c1-11(2)16(21)15-9-12-6-7-14(19)8-13(12)10-20(15)17(22)18(3,4)5/h6-8,11,15H,9-10,19H2,1-5H3. The zero-order chi connectivity index (χ0) is 16.7. The summed E-state index contributed by atoms with van der Waals surface area (Å²) in [5.74, 6) is 0.0512. The molecule has 1 amide bonds. The highest BCUT2D eigenvalue weighted by atomic mass is 16.2. The molecule has 1 aromatic rings. The number of nitrogens with zero attached hydrogens (tertiary/aromatic N) is 1. The lowest BCUT2D eigenvalue weighted by molar-refractivity contribution is -0.148. The lowest BCUT2D eigenvalue weighted by Crippen LogP contribution is -2.53. The first-order valence-electron chi connectivity index (χ1n) is 7.83. The number of Topliss-reactive ketones (excluding diaryl/α,β-unsaturated/α-hetero) is 1. The highest BCUT2D eigenvalue weighted by Crippen LogP contribution is 2.30. The fraction of sp³-hybridized carbons (Fsp3) is 0.556. The van der Waals surface area contributed by atoms with E-state index in [9.17, 15) is 9.59 Å². The molecule has 0 aliphatic carbocycles. The minimum Gasteiger partial charge on any atom is -0.399 e. The first-order valence-corrected chi connectivity index (χ1v) is 7.83. The summed E-state index contributed by atoms with van der Waals surface area (Å²) in [5, 5.41) is 0. The number of benzene rings is 1. The summed E-state index contributed by atoms with van der Waals surface area (Å²) >= 11 is 0. The molecule has 1 atom stereocenters. The largest absolute Gasteiger partial charge is 0.399 e. The normalized spacial score (nSPS) is 18.3. The minimum atomic E-state index is -0.507. The summed E-state index contributed by atoms with van der Waals surface area (Å²) in [6, 6.07) is 5.37. The maximum Gasteiger partial charge on any atom is 0.228 e. The molecule has 1 aliphatic heterocycles. The molecule has 1 heterocycles. The highest BCUT2D eigenvalue weighted by molar-refractivity contribution is 5.92. The van der Waals surface area contributed by atoms with Gasteiger partial charge in [-0.1, -0.05) is 40.7 Å². The minimum absolute atomic E-state index is 0.0135. The van der Waals surface area contributed by atoms with Crippen LogP contribution in [0.2, 0.25) is 0 Å². The Labute approximate surface area is 132 Å². The second kappa shape index (κ2) is 5.75. The Balaban J connectivity index is 2.43. The molecule has 1 unspecified atom stereocenters. The van der Waals surface area contributed by atoms with Crippen LogP contribution in [0.1, 0.15) is 45.7 Å². The highest BCUT2D eigenvalue weighted by Gasteiger charge is 2.39. The molecular weight excluding hydrogens is 276 g/mol. The van der Waals surface area contributed by atoms with Gasteiger partial charge in [-0.2, -0.15) is 0 Å². The lowest BCUT2D eigenvalue weighted by atomic mass is 9.85. The number of fused-ring (bicyclic) bond motifs is 1. The van der Waals surface area contributed by atoms with Gasteiger partial charge in [0.15, 0.2) is 5.78 Å². The molecule has 0 saturated carbocycles. The summed E-state index contributed by atoms with van der Waals surface area (Å²) in [4.78, 5) is 27.1. The molecule has 0 aromatic heterocycles. The summed E-state index contributed by atoms with van der Waals surface area (Å²) < 4.78 is 0. The van der Waals surface area contributed by atoms with Crippen molar-refractivity contribution in [1.29, 1.82) is 0 Å². The molecule has 4 heteroatoms. The first-order chi connectivity index (χ1) is 10.1. The number of anilines is 1. The molecule has 0 saturated heterocycles. The Bertz CT molecular complexity index is 600. The van der Waals surface area contributed by atoms with E-state index in [1.807, 2.05) is 52.8 Å². The van der Waals surface area contributed by atoms with Crippen LogP contribution in [0.3, 0.4) is 0 Å². The Kier molecular flexibility index (Phi) is 4.32. The van der Waals surface area contributed by atoms with Gasteiger partial charge in [0.25, 0.3) is 0 Å². The predicted octanol–water partition coefficient (Wildman–Crippen LogP) is 2.79. The van der Waals surface area contributed by atoms with Crippen LogP contribution in [0, 0.1) is 11.3 Å². The van der Waals surface area contributed by atoms with Crippen molar-refractivity contribution in [2.75, 3.05) is 5.73 Å². The van der Waals surface area contributed by atoms with E-state index >= 15 is 0 Å². The molecule has 0 radical (unpaired) electrons. The summed E-state index contributed by atoms with van der Waals surface area (Å²) in [5.41, 5.74) is 8.21. The van der Waals surface area contributed by atoms with Crippen LogP contribution in [0.5, 0.6) is 0 Å². The van der Waals surface area contributed by atoms with Gasteiger partial charge >= 0.3 is 0 Å². The van der Waals surface area contributed by atoms with E-state index in [0.29, 0.717) is 18.7 Å². The fourth-order valence-corrected chi connectivity index (χ4v) is 2.89. The van der Waals surface area contributed by atoms with Crippen LogP contribution in [0.25, 0.3) is 0 Å². The van der Waals surface area contributed by atoms with Gasteiger partial charge in [0.1, 0.15) is 0 Å². The number of nitrogens with two attached hydrogens (primary N) is 1. The second-order valence-electron chi connectivity index (χ2n) is 7.49. The van der Waals surface area contributed by atoms with E-state index in [1.54, 1.807) is 4.90 Å². The number of amides is 1. The van der Waals surface area contributed by atoms with E-state index < -0.39 is 5.41 Å². The molecule has 1 aromatic carbocycles. The molecule has 0 spiro atoms. The fourth-order valence-electron chi connectivity index (χ4n) is 2.89. The van der Waals surface area contributed by atoms with Crippen molar-refractivity contribution in [3.8, 4) is 0 Å². The molecule has 1 aliphatic rings. The Morgan fingerprint density at radius 3 is 2.41 bits per heavy atom. The molecule has 4 nitrogen and oxygen atoms in total. The van der Waals surface area contributed by atoms with E-state index in [4.69, 9.17) is 5.73 Å². The smallest absolute Gasteiger partial charge is 0.228 e. The third-order valence-electron chi connectivity index (χ3n) is 4.16. The van der Waals surface area contributed by atoms with Crippen LogP contribution in [-0.2, 0) is 22.6 Å². The Morgan fingerprint density at radius 1 is 1.23 bits per heavy atom. The molecule has 2 rings (SSSR count). The van der Waals surface area contributed by atoms with Gasteiger partial charge < -0.3 is 10.6 Å². The maximum atomic E-state index is 12.8. The van der Waals surface area contributed by atoms with Crippen molar-refractivity contribution in [3.05, 3.63) is 29.3 Å². The SMILES string of the molecule is CC(C)C(=O)C1Cc2ccc(N)cc2CN1C(=O)C(C)(C)C. The number of hydrogen-bond acceptors (Lipinski definition) is 3. The quantitative estimate of drug-likeness (QED) is 0.854. The predicted molar refractivity (Wildman–Crippen MR) is 88.2 cm³/mol. The number of carbonyl (C=O) groups is 2. The zero-order valence-corrected chi connectivity index (χ0v) is 14.1. The van der Waals surface area contributed by atoms with Gasteiger partial charge in [-0.15, -0.1) is 0 Å². The number of carbonyl (C=O) groups excluding carboxylic acids is 2. The van der Waals surface area contributed by atoms with E-state index in [1.165, 1.54) is 0 Å². The lowest BCUT2D eigenvalue weighted by Gasteiger charge is -2.40. The van der Waals surface area contributed by atoms with Gasteiger partial charge in [0.2, 0.25) is 5.91 Å². The third kappa shape index (κ3) is 3.16. The van der Waals surface area contributed by atoms with Gasteiger partial charge in [-0.3, -0.25) is 9.59 Å². The molecular formula is C18H26N2O2. The van der Waals surface area contributed by atoms with E-state index in [-0.39, 0.29) is 23.7 Å². The third-order valence-corrected chi connectivity index (χ3v) is 4.16. The van der Waals surface area contributed by atoms with Gasteiger partial charge in [0.05, 0.1) is 6.04 Å². The molecule has 22 heavy (non-hydrogen) atoms. The van der Waals surface area contributed by atoms with Gasteiger partial charge in [-0.05, 0) is 23.3 Å².